The van der Waals surface area contributed by atoms with Crippen molar-refractivity contribution >= 4 is 11.0 Å². The quantitative estimate of drug-likeness (QED) is 0.178. The number of aliphatic hydroxyl groups excluding tert-OH is 5. The van der Waals surface area contributed by atoms with Crippen molar-refractivity contribution in [2.45, 2.75) is 62.2 Å². The van der Waals surface area contributed by atoms with Crippen molar-refractivity contribution in [3.05, 3.63) is 46.6 Å². The Morgan fingerprint density at radius 1 is 0.825 bits per heavy atom. The maximum Gasteiger partial charge on any atom is 0.229 e. The zero-order chi connectivity index (χ0) is 28.9. The normalized spacial score (nSPS) is 32.7. The van der Waals surface area contributed by atoms with Crippen LogP contribution >= 0.6 is 0 Å². The summed E-state index contributed by atoms with van der Waals surface area (Å²) in [6, 6.07) is 7.27. The van der Waals surface area contributed by atoms with E-state index in [1.807, 2.05) is 0 Å². The second kappa shape index (κ2) is 10.8. The Bertz CT molecular complexity index is 1440. The zero-order valence-corrected chi connectivity index (χ0v) is 20.9. The van der Waals surface area contributed by atoms with Gasteiger partial charge in [-0.1, -0.05) is 0 Å². The van der Waals surface area contributed by atoms with E-state index in [9.17, 15) is 45.6 Å². The maximum absolute atomic E-state index is 12.7. The highest BCUT2D eigenvalue weighted by Crippen LogP contribution is 2.35. The first kappa shape index (κ1) is 28.1. The van der Waals surface area contributed by atoms with E-state index in [4.69, 9.17) is 23.4 Å². The molecule has 0 radical (unpaired) electrons. The maximum atomic E-state index is 12.7. The first-order valence-electron chi connectivity index (χ1n) is 12.3. The van der Waals surface area contributed by atoms with E-state index in [-0.39, 0.29) is 40.4 Å². The molecule has 2 fully saturated rings. The number of hydrogen-bond donors (Lipinski definition) is 8. The summed E-state index contributed by atoms with van der Waals surface area (Å²) in [6.07, 6.45) is -12.9. The summed E-state index contributed by atoms with van der Waals surface area (Å²) in [5.74, 6) is -1.37. The summed E-state index contributed by atoms with van der Waals surface area (Å²) in [5.41, 5.74) is -0.437. The lowest BCUT2D eigenvalue weighted by Crippen LogP contribution is -2.62. The lowest BCUT2D eigenvalue weighted by atomic mass is 9.99. The molecule has 0 spiro atoms. The summed E-state index contributed by atoms with van der Waals surface area (Å²) in [5, 5.41) is 80.7. The van der Waals surface area contributed by atoms with E-state index in [0.29, 0.717) is 0 Å². The van der Waals surface area contributed by atoms with Crippen molar-refractivity contribution in [1.82, 2.24) is 0 Å². The Hall–Kier alpha value is -3.47. The minimum absolute atomic E-state index is 0.0205. The molecule has 2 aromatic carbocycles. The van der Waals surface area contributed by atoms with Crippen molar-refractivity contribution in [1.29, 1.82) is 0 Å². The Morgan fingerprint density at radius 3 is 2.27 bits per heavy atom. The molecular weight excluding hydrogens is 536 g/mol. The van der Waals surface area contributed by atoms with Crippen molar-refractivity contribution in [3.8, 4) is 34.3 Å². The minimum Gasteiger partial charge on any atom is -0.507 e. The Morgan fingerprint density at radius 2 is 1.55 bits per heavy atom. The first-order chi connectivity index (χ1) is 18.9. The summed E-state index contributed by atoms with van der Waals surface area (Å²) in [6.45, 7) is 1.17. The van der Waals surface area contributed by atoms with Gasteiger partial charge in [-0.2, -0.15) is 0 Å². The highest BCUT2D eigenvalue weighted by molar-refractivity contribution is 5.86. The number of rotatable bonds is 5. The molecule has 40 heavy (non-hydrogen) atoms. The molecule has 8 N–H and O–H groups in total. The molecule has 3 aromatic rings. The molecule has 9 unspecified atom stereocenters. The molecule has 2 aliphatic heterocycles. The highest BCUT2D eigenvalue weighted by atomic mass is 16.7. The summed E-state index contributed by atoms with van der Waals surface area (Å²) in [4.78, 5) is 12.7. The van der Waals surface area contributed by atoms with E-state index < -0.39 is 72.2 Å². The van der Waals surface area contributed by atoms with E-state index >= 15 is 0 Å². The van der Waals surface area contributed by atoms with Gasteiger partial charge in [0.15, 0.2) is 23.2 Å². The molecule has 2 aliphatic rings. The number of phenols is 3. The third-order valence-electron chi connectivity index (χ3n) is 6.82. The van der Waals surface area contributed by atoms with Gasteiger partial charge < -0.3 is 64.2 Å². The van der Waals surface area contributed by atoms with E-state index in [0.717, 1.165) is 12.1 Å². The van der Waals surface area contributed by atoms with Gasteiger partial charge in [-0.25, -0.2) is 0 Å². The van der Waals surface area contributed by atoms with Crippen LogP contribution in [0.25, 0.3) is 22.3 Å². The number of aliphatic hydroxyl groups is 5. The van der Waals surface area contributed by atoms with Crippen molar-refractivity contribution in [2.75, 3.05) is 6.61 Å². The Labute approximate surface area is 225 Å². The number of ether oxygens (including phenoxy) is 4. The van der Waals surface area contributed by atoms with Gasteiger partial charge in [0.05, 0.1) is 12.7 Å². The molecule has 0 amide bonds. The second-order valence-corrected chi connectivity index (χ2v) is 9.65. The van der Waals surface area contributed by atoms with Crippen LogP contribution in [-0.4, -0.2) is 103 Å². The standard InChI is InChI=1S/C26H28O14/c1-9-24(40-25-22(34)20(32)16(31)8-36-25)21(33)23(35)26(37-9)38-11-5-14(29)19-15(30)7-17(39-18(19)6-11)10-2-3-12(27)13(28)4-10/h2-7,9,16,20-29,31-35H,8H2,1H3. The Kier molecular flexibility index (Phi) is 7.60. The van der Waals surface area contributed by atoms with Gasteiger partial charge in [-0.15, -0.1) is 0 Å². The van der Waals surface area contributed by atoms with Crippen LogP contribution in [0.15, 0.2) is 45.6 Å². The molecule has 0 bridgehead atoms. The fourth-order valence-electron chi connectivity index (χ4n) is 4.61. The fraction of sp³-hybridized carbons (Fsp3) is 0.423. The Balaban J connectivity index is 1.36. The van der Waals surface area contributed by atoms with Crippen molar-refractivity contribution in [2.24, 2.45) is 0 Å². The molecule has 2 saturated heterocycles. The monoisotopic (exact) mass is 564 g/mol. The number of benzene rings is 2. The molecule has 216 valence electrons. The van der Waals surface area contributed by atoms with Crippen molar-refractivity contribution < 1.29 is 64.2 Å². The third-order valence-corrected chi connectivity index (χ3v) is 6.82. The lowest BCUT2D eigenvalue weighted by Gasteiger charge is -2.44. The van der Waals surface area contributed by atoms with Gasteiger partial charge in [0, 0.05) is 23.8 Å². The summed E-state index contributed by atoms with van der Waals surface area (Å²) in [7, 11) is 0. The van der Waals surface area contributed by atoms with Crippen LogP contribution < -0.4 is 10.2 Å². The molecule has 0 aliphatic carbocycles. The summed E-state index contributed by atoms with van der Waals surface area (Å²) < 4.78 is 27.8. The lowest BCUT2D eigenvalue weighted by molar-refractivity contribution is -0.334. The molecule has 14 heteroatoms. The molecule has 5 rings (SSSR count). The predicted octanol–water partition coefficient (Wildman–Crippen LogP) is -0.754. The largest absolute Gasteiger partial charge is 0.507 e. The third kappa shape index (κ3) is 5.18. The van der Waals surface area contributed by atoms with E-state index in [1.165, 1.54) is 31.2 Å². The average molecular weight is 564 g/mol. The van der Waals surface area contributed by atoms with Gasteiger partial charge in [-0.3, -0.25) is 4.79 Å². The number of hydrogen-bond acceptors (Lipinski definition) is 14. The molecule has 1 aromatic heterocycles. The van der Waals surface area contributed by atoms with Gasteiger partial charge in [0.2, 0.25) is 6.29 Å². The van der Waals surface area contributed by atoms with Crippen LogP contribution in [0.4, 0.5) is 0 Å². The second-order valence-electron chi connectivity index (χ2n) is 9.65. The fourth-order valence-corrected chi connectivity index (χ4v) is 4.61. The summed E-state index contributed by atoms with van der Waals surface area (Å²) >= 11 is 0. The van der Waals surface area contributed by atoms with Gasteiger partial charge in [-0.05, 0) is 25.1 Å². The molecule has 9 atom stereocenters. The van der Waals surface area contributed by atoms with Crippen LogP contribution in [0, 0.1) is 0 Å². The average Bonchev–Trinajstić information content (AvgIpc) is 2.90. The number of aromatic hydroxyl groups is 3. The first-order valence-corrected chi connectivity index (χ1v) is 12.3. The SMILES string of the molecule is CC1OC(Oc2cc(O)c3c(=O)cc(-c4ccc(O)c(O)c4)oc3c2)C(O)C(O)C1OC1OCC(O)C(O)C1O. The van der Waals surface area contributed by atoms with Crippen molar-refractivity contribution in [3.63, 3.8) is 0 Å². The van der Waals surface area contributed by atoms with Crippen LogP contribution in [0.3, 0.4) is 0 Å². The number of phenolic OH excluding ortho intramolecular Hbond substituents is 3. The molecule has 3 heterocycles. The van der Waals surface area contributed by atoms with Crippen LogP contribution in [-0.2, 0) is 14.2 Å². The van der Waals surface area contributed by atoms with E-state index in [2.05, 4.69) is 0 Å². The van der Waals surface area contributed by atoms with Crippen LogP contribution in [0.1, 0.15) is 6.92 Å². The highest BCUT2D eigenvalue weighted by Gasteiger charge is 2.48. The zero-order valence-electron chi connectivity index (χ0n) is 20.9. The smallest absolute Gasteiger partial charge is 0.229 e. The van der Waals surface area contributed by atoms with Gasteiger partial charge >= 0.3 is 0 Å². The predicted molar refractivity (Wildman–Crippen MR) is 133 cm³/mol. The van der Waals surface area contributed by atoms with Crippen LogP contribution in [0.2, 0.25) is 0 Å². The molecule has 0 saturated carbocycles. The van der Waals surface area contributed by atoms with E-state index in [1.54, 1.807) is 0 Å². The minimum atomic E-state index is -1.70. The van der Waals surface area contributed by atoms with Crippen LogP contribution in [0.5, 0.6) is 23.0 Å². The van der Waals surface area contributed by atoms with Gasteiger partial charge in [0.1, 0.15) is 64.9 Å². The van der Waals surface area contributed by atoms with Gasteiger partial charge in [0.25, 0.3) is 0 Å². The number of fused-ring (bicyclic) bond motifs is 1. The molecular formula is C26H28O14. The topological polar surface area (TPSA) is 229 Å². The molecule has 14 nitrogen and oxygen atoms in total.